The predicted molar refractivity (Wildman–Crippen MR) is 109 cm³/mol. The number of guanidine groups is 1. The van der Waals surface area contributed by atoms with Gasteiger partial charge in [0, 0.05) is 5.69 Å². The van der Waals surface area contributed by atoms with Gasteiger partial charge in [-0.15, -0.1) is 0 Å². The maximum absolute atomic E-state index is 10.1. The number of halogens is 1. The molecule has 4 N–H and O–H groups in total. The van der Waals surface area contributed by atoms with E-state index in [1.807, 2.05) is 36.4 Å². The van der Waals surface area contributed by atoms with Gasteiger partial charge in [-0.3, -0.25) is 4.99 Å². The van der Waals surface area contributed by atoms with Gasteiger partial charge in [0.05, 0.1) is 11.0 Å². The van der Waals surface area contributed by atoms with Gasteiger partial charge >= 0.3 is 0 Å². The third-order valence-electron chi connectivity index (χ3n) is 4.40. The number of aliphatic hydroxyl groups is 1. The smallest absolute Gasteiger partial charge is 0.193 e. The summed E-state index contributed by atoms with van der Waals surface area (Å²) in [6.45, 7) is 0.332. The van der Waals surface area contributed by atoms with E-state index in [9.17, 15) is 5.11 Å². The fourth-order valence-corrected chi connectivity index (χ4v) is 3.48. The zero-order chi connectivity index (χ0) is 18.4. The minimum Gasteiger partial charge on any atom is -0.490 e. The zero-order valence-corrected chi connectivity index (χ0v) is 16.2. The van der Waals surface area contributed by atoms with Crippen molar-refractivity contribution in [3.63, 3.8) is 0 Å². The van der Waals surface area contributed by atoms with Gasteiger partial charge in [-0.25, -0.2) is 0 Å². The number of aliphatic imine (C=N–C) groups is 1. The number of hydrogen-bond donors (Lipinski definition) is 3. The van der Waals surface area contributed by atoms with Gasteiger partial charge in [0.2, 0.25) is 0 Å². The maximum atomic E-state index is 10.1. The summed E-state index contributed by atoms with van der Waals surface area (Å²) in [4.78, 5) is 4.24. The Morgan fingerprint density at radius 3 is 2.85 bits per heavy atom. The van der Waals surface area contributed by atoms with Crippen LogP contribution < -0.4 is 15.8 Å². The summed E-state index contributed by atoms with van der Waals surface area (Å²) in [7, 11) is 0. The molecule has 1 atom stereocenters. The van der Waals surface area contributed by atoms with Gasteiger partial charge in [-0.1, -0.05) is 24.3 Å². The molecule has 6 heteroatoms. The normalized spacial score (nSPS) is 15.2. The van der Waals surface area contributed by atoms with E-state index < -0.39 is 6.10 Å². The first-order valence-electron chi connectivity index (χ1n) is 8.86. The summed E-state index contributed by atoms with van der Waals surface area (Å²) in [5.74, 6) is 1.00. The van der Waals surface area contributed by atoms with Gasteiger partial charge in [0.1, 0.15) is 18.5 Å². The lowest BCUT2D eigenvalue weighted by atomic mass is 9.90. The Morgan fingerprint density at radius 2 is 2.00 bits per heavy atom. The zero-order valence-electron chi connectivity index (χ0n) is 14.6. The van der Waals surface area contributed by atoms with Gasteiger partial charge in [-0.05, 0) is 70.9 Å². The van der Waals surface area contributed by atoms with Crippen molar-refractivity contribution in [3.05, 3.63) is 58.1 Å². The predicted octanol–water partition coefficient (Wildman–Crippen LogP) is 3.49. The largest absolute Gasteiger partial charge is 0.490 e. The minimum atomic E-state index is -0.729. The Balaban J connectivity index is 1.53. The molecule has 1 aliphatic carbocycles. The average Bonchev–Trinajstić information content (AvgIpc) is 2.66. The highest BCUT2D eigenvalue weighted by Gasteiger charge is 2.13. The number of hydrogen-bond acceptors (Lipinski definition) is 3. The molecule has 5 nitrogen and oxygen atoms in total. The molecule has 0 radical (unpaired) electrons. The van der Waals surface area contributed by atoms with Crippen molar-refractivity contribution in [1.29, 1.82) is 0 Å². The first-order valence-corrected chi connectivity index (χ1v) is 9.66. The molecule has 1 aliphatic rings. The molecule has 2 aromatic carbocycles. The van der Waals surface area contributed by atoms with E-state index in [-0.39, 0.29) is 13.2 Å². The van der Waals surface area contributed by atoms with Crippen molar-refractivity contribution < 1.29 is 9.84 Å². The average molecular weight is 418 g/mol. The third-order valence-corrected chi connectivity index (χ3v) is 5.05. The molecule has 138 valence electrons. The number of benzene rings is 2. The van der Waals surface area contributed by atoms with Crippen LogP contribution in [0.2, 0.25) is 0 Å². The van der Waals surface area contributed by atoms with Gasteiger partial charge in [0.25, 0.3) is 0 Å². The number of nitrogens with two attached hydrogens (primary N) is 1. The Hall–Kier alpha value is -2.05. The number of nitrogens with zero attached hydrogens (tertiary/aromatic N) is 1. The summed E-state index contributed by atoms with van der Waals surface area (Å²) in [5.41, 5.74) is 9.73. The molecule has 0 fully saturated rings. The van der Waals surface area contributed by atoms with Gasteiger partial charge < -0.3 is 20.9 Å². The number of nitrogens with one attached hydrogen (secondary N) is 1. The molecule has 0 saturated heterocycles. The van der Waals surface area contributed by atoms with E-state index in [4.69, 9.17) is 10.5 Å². The number of rotatable bonds is 6. The van der Waals surface area contributed by atoms with E-state index in [0.29, 0.717) is 11.7 Å². The molecular formula is C20H24BrN3O2. The first kappa shape index (κ1) is 18.7. The van der Waals surface area contributed by atoms with E-state index in [1.165, 1.54) is 24.0 Å². The van der Waals surface area contributed by atoms with Crippen LogP contribution in [0.1, 0.15) is 24.0 Å². The maximum Gasteiger partial charge on any atom is 0.193 e. The third kappa shape index (κ3) is 4.99. The minimum absolute atomic E-state index is 0.153. The molecule has 1 unspecified atom stereocenters. The van der Waals surface area contributed by atoms with Crippen molar-refractivity contribution in [2.24, 2.45) is 10.7 Å². The van der Waals surface area contributed by atoms with Crippen LogP contribution in [0.5, 0.6) is 5.75 Å². The number of anilines is 1. The fourth-order valence-electron chi connectivity index (χ4n) is 3.08. The molecule has 0 saturated carbocycles. The molecule has 3 rings (SSSR count). The van der Waals surface area contributed by atoms with Gasteiger partial charge in [0.15, 0.2) is 5.96 Å². The number of aliphatic hydroxyl groups excluding tert-OH is 1. The van der Waals surface area contributed by atoms with Crippen molar-refractivity contribution in [2.75, 3.05) is 18.5 Å². The summed E-state index contributed by atoms with van der Waals surface area (Å²) >= 11 is 3.41. The van der Waals surface area contributed by atoms with Crippen molar-refractivity contribution in [2.45, 2.75) is 31.8 Å². The lowest BCUT2D eigenvalue weighted by Gasteiger charge is -2.20. The lowest BCUT2D eigenvalue weighted by molar-refractivity contribution is 0.114. The molecule has 26 heavy (non-hydrogen) atoms. The first-order chi connectivity index (χ1) is 12.6. The fraction of sp³-hybridized carbons (Fsp3) is 0.350. The highest BCUT2D eigenvalue weighted by molar-refractivity contribution is 9.10. The molecule has 0 aromatic heterocycles. The molecule has 0 bridgehead atoms. The summed E-state index contributed by atoms with van der Waals surface area (Å²) < 4.78 is 6.45. The summed E-state index contributed by atoms with van der Waals surface area (Å²) in [6.07, 6.45) is 3.89. The second-order valence-electron chi connectivity index (χ2n) is 6.40. The van der Waals surface area contributed by atoms with Crippen LogP contribution in [-0.4, -0.2) is 30.3 Å². The Kier molecular flexibility index (Phi) is 6.52. The number of ether oxygens (including phenoxy) is 1. The second-order valence-corrected chi connectivity index (χ2v) is 7.25. The number of para-hydroxylation sites is 1. The number of fused-ring (bicyclic) bond motifs is 1. The van der Waals surface area contributed by atoms with Crippen molar-refractivity contribution >= 4 is 27.6 Å². The topological polar surface area (TPSA) is 79.9 Å². The van der Waals surface area contributed by atoms with Crippen LogP contribution in [-0.2, 0) is 12.8 Å². The van der Waals surface area contributed by atoms with Crippen LogP contribution in [0, 0.1) is 0 Å². The van der Waals surface area contributed by atoms with Gasteiger partial charge in [-0.2, -0.15) is 0 Å². The molecule has 0 heterocycles. The van der Waals surface area contributed by atoms with E-state index >= 15 is 0 Å². The quantitative estimate of drug-likeness (QED) is 0.496. The molecule has 0 aliphatic heterocycles. The van der Waals surface area contributed by atoms with Crippen LogP contribution >= 0.6 is 15.9 Å². The monoisotopic (exact) mass is 417 g/mol. The Morgan fingerprint density at radius 1 is 1.19 bits per heavy atom. The Labute approximate surface area is 162 Å². The highest BCUT2D eigenvalue weighted by Crippen LogP contribution is 2.27. The summed E-state index contributed by atoms with van der Waals surface area (Å²) in [6, 6.07) is 13.8. The van der Waals surface area contributed by atoms with Crippen LogP contribution in [0.3, 0.4) is 0 Å². The standard InChI is InChI=1S/C20H24BrN3O2/c21-17-9-3-4-11-19(17)26-13-15(25)12-23-20(22)24-18-10-5-7-14-6-1-2-8-16(14)18/h3-5,7,9-11,15,25H,1-2,6,8,12-13H2,(H3,22,23,24). The lowest BCUT2D eigenvalue weighted by Crippen LogP contribution is -2.27. The molecule has 0 amide bonds. The van der Waals surface area contributed by atoms with Crippen molar-refractivity contribution in [3.8, 4) is 5.75 Å². The highest BCUT2D eigenvalue weighted by atomic mass is 79.9. The Bertz CT molecular complexity index is 779. The van der Waals surface area contributed by atoms with E-state index in [0.717, 1.165) is 23.0 Å². The molecule has 2 aromatic rings. The second kappa shape index (κ2) is 9.05. The molecular weight excluding hydrogens is 394 g/mol. The SMILES string of the molecule is NC(=NCC(O)COc1ccccc1Br)Nc1cccc2c1CCCC2. The van der Waals surface area contributed by atoms with Crippen LogP contribution in [0.4, 0.5) is 5.69 Å². The number of aryl methyl sites for hydroxylation is 1. The van der Waals surface area contributed by atoms with E-state index in [2.05, 4.69) is 32.3 Å². The van der Waals surface area contributed by atoms with Crippen LogP contribution in [0.15, 0.2) is 51.9 Å². The van der Waals surface area contributed by atoms with E-state index in [1.54, 1.807) is 0 Å². The van der Waals surface area contributed by atoms with Crippen molar-refractivity contribution in [1.82, 2.24) is 0 Å². The molecule has 0 spiro atoms. The van der Waals surface area contributed by atoms with Crippen LogP contribution in [0.25, 0.3) is 0 Å². The summed E-state index contributed by atoms with van der Waals surface area (Å²) in [5, 5.41) is 13.3.